The number of ether oxygens (including phenoxy) is 2. The van der Waals surface area contributed by atoms with E-state index in [0.29, 0.717) is 0 Å². The number of hydrogen-bond donors (Lipinski definition) is 8. The molecule has 10 atom stereocenters. The summed E-state index contributed by atoms with van der Waals surface area (Å²) in [4.78, 5) is -1.94. The Balaban J connectivity index is 2.16. The summed E-state index contributed by atoms with van der Waals surface area (Å²) in [6, 6.07) is 0. The second kappa shape index (κ2) is 8.00. The van der Waals surface area contributed by atoms with Crippen LogP contribution in [0.4, 0.5) is 0 Å². The van der Waals surface area contributed by atoms with Gasteiger partial charge >= 0.3 is 137 Å². The van der Waals surface area contributed by atoms with Gasteiger partial charge in [-0.1, -0.05) is 0 Å². The summed E-state index contributed by atoms with van der Waals surface area (Å²) in [6.45, 7) is -1.17. The Morgan fingerprint density at radius 2 is 0.957 bits per heavy atom. The molecule has 2 saturated heterocycles. The predicted molar refractivity (Wildman–Crippen MR) is 73.2 cm³/mol. The zero-order valence-corrected chi connectivity index (χ0v) is 13.7. The van der Waals surface area contributed by atoms with Crippen LogP contribution in [0.3, 0.4) is 0 Å². The van der Waals surface area contributed by atoms with Crippen LogP contribution in [0, 0.1) is 0 Å². The van der Waals surface area contributed by atoms with Crippen LogP contribution in [0.5, 0.6) is 0 Å². The molecule has 11 heteroatoms. The summed E-state index contributed by atoms with van der Waals surface area (Å²) in [7, 11) is 0. The van der Waals surface area contributed by atoms with Crippen LogP contribution < -0.4 is 0 Å². The van der Waals surface area contributed by atoms with Crippen molar-refractivity contribution < 1.29 is 50.3 Å². The van der Waals surface area contributed by atoms with Crippen molar-refractivity contribution in [2.24, 2.45) is 0 Å². The Hall–Kier alpha value is 0.119. The van der Waals surface area contributed by atoms with Crippen LogP contribution >= 0.6 is 0 Å². The fraction of sp³-hybridized carbons (Fsp3) is 1.00. The zero-order chi connectivity index (χ0) is 17.3. The number of aliphatic hydroxyl groups excluding tert-OH is 8. The fourth-order valence-corrected chi connectivity index (χ4v) is 6.05. The molecule has 2 rings (SSSR count). The standard InChI is InChI=1S/C12H22O10Se/c13-1-3-5(15)9(7(17)11(19)21-3)23-10-6(16)4(2-14)22-12(20)8(10)18/h3-20H,1-2H2/t3-,4-,5-,6-,7-,8-,9+,10+,11?,12?/m1/s1. The molecule has 2 fully saturated rings. The molecule has 0 aromatic heterocycles. The summed E-state index contributed by atoms with van der Waals surface area (Å²) in [5.41, 5.74) is 0. The number of rotatable bonds is 4. The molecule has 2 unspecified atom stereocenters. The fourth-order valence-electron chi connectivity index (χ4n) is 2.64. The molecule has 0 amide bonds. The van der Waals surface area contributed by atoms with E-state index in [0.717, 1.165) is 0 Å². The molecule has 0 aromatic carbocycles. The van der Waals surface area contributed by atoms with Gasteiger partial charge in [0.05, 0.1) is 0 Å². The van der Waals surface area contributed by atoms with Gasteiger partial charge < -0.3 is 0 Å². The molecule has 10 nitrogen and oxygen atoms in total. The Morgan fingerprint density at radius 3 is 1.26 bits per heavy atom. The molecule has 8 N–H and O–H groups in total. The van der Waals surface area contributed by atoms with Crippen LogP contribution in [0.25, 0.3) is 0 Å². The minimum atomic E-state index is -1.63. The second-order valence-electron chi connectivity index (χ2n) is 5.52. The van der Waals surface area contributed by atoms with Crippen LogP contribution in [0.15, 0.2) is 0 Å². The molecule has 0 radical (unpaired) electrons. The van der Waals surface area contributed by atoms with Gasteiger partial charge in [0, 0.05) is 0 Å². The summed E-state index contributed by atoms with van der Waals surface area (Å²) in [5.74, 6) is 0. The number of hydrogen-bond acceptors (Lipinski definition) is 10. The van der Waals surface area contributed by atoms with E-state index in [9.17, 15) is 30.6 Å². The molecular weight excluding hydrogens is 383 g/mol. The first-order valence-corrected chi connectivity index (χ1v) is 9.06. The molecule has 23 heavy (non-hydrogen) atoms. The Morgan fingerprint density at radius 1 is 0.609 bits per heavy atom. The van der Waals surface area contributed by atoms with Crippen molar-refractivity contribution in [3.05, 3.63) is 0 Å². The molecule has 2 aliphatic heterocycles. The van der Waals surface area contributed by atoms with E-state index in [1.165, 1.54) is 0 Å². The van der Waals surface area contributed by atoms with Crippen LogP contribution in [0.1, 0.15) is 0 Å². The molecule has 0 aromatic rings. The monoisotopic (exact) mass is 406 g/mol. The molecule has 0 saturated carbocycles. The van der Waals surface area contributed by atoms with Gasteiger partial charge in [0.1, 0.15) is 0 Å². The molecule has 0 aliphatic carbocycles. The third-order valence-corrected chi connectivity index (χ3v) is 7.65. The van der Waals surface area contributed by atoms with Gasteiger partial charge in [0.2, 0.25) is 0 Å². The van der Waals surface area contributed by atoms with Crippen molar-refractivity contribution in [1.82, 2.24) is 0 Å². The van der Waals surface area contributed by atoms with E-state index < -0.39 is 87.0 Å². The van der Waals surface area contributed by atoms with E-state index in [4.69, 9.17) is 19.7 Å². The first-order valence-electron chi connectivity index (χ1n) is 7.08. The van der Waals surface area contributed by atoms with E-state index >= 15 is 0 Å². The molecule has 136 valence electrons. The van der Waals surface area contributed by atoms with Crippen molar-refractivity contribution in [1.29, 1.82) is 0 Å². The van der Waals surface area contributed by atoms with Gasteiger partial charge in [-0.15, -0.1) is 0 Å². The molecule has 2 aliphatic rings. The summed E-state index contributed by atoms with van der Waals surface area (Å²) < 4.78 is 9.75. The first-order chi connectivity index (χ1) is 10.8. The molecule has 0 spiro atoms. The van der Waals surface area contributed by atoms with Crippen molar-refractivity contribution in [3.8, 4) is 0 Å². The average Bonchev–Trinajstić information content (AvgIpc) is 2.53. The van der Waals surface area contributed by atoms with Crippen molar-refractivity contribution >= 4 is 15.0 Å². The maximum absolute atomic E-state index is 10.2. The topological polar surface area (TPSA) is 180 Å². The van der Waals surface area contributed by atoms with E-state index in [-0.39, 0.29) is 0 Å². The van der Waals surface area contributed by atoms with Crippen LogP contribution in [0.2, 0.25) is 9.63 Å². The summed E-state index contributed by atoms with van der Waals surface area (Å²) in [6.07, 6.45) is -11.1. The summed E-state index contributed by atoms with van der Waals surface area (Å²) in [5, 5.41) is 78.0. The van der Waals surface area contributed by atoms with Crippen molar-refractivity contribution in [2.75, 3.05) is 13.2 Å². The van der Waals surface area contributed by atoms with Crippen molar-refractivity contribution in [3.63, 3.8) is 0 Å². The van der Waals surface area contributed by atoms with Crippen LogP contribution in [-0.2, 0) is 9.47 Å². The normalized spacial score (nSPS) is 51.7. The third kappa shape index (κ3) is 3.87. The van der Waals surface area contributed by atoms with E-state index in [1.54, 1.807) is 0 Å². The van der Waals surface area contributed by atoms with Gasteiger partial charge in [-0.2, -0.15) is 0 Å². The molecule has 2 heterocycles. The third-order valence-electron chi connectivity index (χ3n) is 4.00. The average molecular weight is 405 g/mol. The molecule has 0 bridgehead atoms. The van der Waals surface area contributed by atoms with Gasteiger partial charge in [-0.3, -0.25) is 0 Å². The van der Waals surface area contributed by atoms with Crippen molar-refractivity contribution in [2.45, 2.75) is 58.8 Å². The molecular formula is C12H22O10Se. The van der Waals surface area contributed by atoms with E-state index in [2.05, 4.69) is 0 Å². The Kier molecular flexibility index (Phi) is 6.76. The van der Waals surface area contributed by atoms with Gasteiger partial charge in [-0.25, -0.2) is 0 Å². The zero-order valence-electron chi connectivity index (χ0n) is 12.0. The van der Waals surface area contributed by atoms with Gasteiger partial charge in [-0.05, 0) is 0 Å². The quantitative estimate of drug-likeness (QED) is 0.211. The predicted octanol–water partition coefficient (Wildman–Crippen LogP) is -4.87. The Bertz CT molecular complexity index is 353. The Labute approximate surface area is 138 Å². The second-order valence-corrected chi connectivity index (χ2v) is 8.38. The minimum absolute atomic E-state index is 0.585. The SMILES string of the molecule is OC[C@H]1OC(O)[C@H](O)[C@@H]([Se][C@H]2[C@H](O)[C@@H](CO)OC(O)[C@@H]2O)[C@@H]1O. The summed E-state index contributed by atoms with van der Waals surface area (Å²) >= 11 is -0.881. The number of aliphatic hydroxyl groups is 8. The van der Waals surface area contributed by atoms with Crippen LogP contribution in [-0.4, -0.2) is 118 Å². The van der Waals surface area contributed by atoms with E-state index in [1.807, 2.05) is 0 Å². The first kappa shape index (κ1) is 19.4. The van der Waals surface area contributed by atoms with Gasteiger partial charge in [0.25, 0.3) is 0 Å². The van der Waals surface area contributed by atoms with Gasteiger partial charge in [0.15, 0.2) is 0 Å². The maximum atomic E-state index is 10.2.